The van der Waals surface area contributed by atoms with Crippen LogP contribution in [0.15, 0.2) is 30.3 Å². The lowest BCUT2D eigenvalue weighted by atomic mass is 10.0. The normalized spacial score (nSPS) is 24.6. The van der Waals surface area contributed by atoms with Crippen molar-refractivity contribution in [1.29, 1.82) is 0 Å². The van der Waals surface area contributed by atoms with Crippen LogP contribution in [0.25, 0.3) is 0 Å². The minimum atomic E-state index is -1.17. The first-order valence-corrected chi connectivity index (χ1v) is 5.64. The predicted molar refractivity (Wildman–Crippen MR) is 64.0 cm³/mol. The molecule has 96 valence electrons. The fraction of sp³-hybridized carbons (Fsp3) is 0.333. The van der Waals surface area contributed by atoms with Crippen LogP contribution in [0.3, 0.4) is 0 Å². The van der Waals surface area contributed by atoms with Crippen molar-refractivity contribution in [3.63, 3.8) is 0 Å². The van der Waals surface area contributed by atoms with Gasteiger partial charge in [0.25, 0.3) is 5.91 Å². The maximum atomic E-state index is 11.0. The van der Waals surface area contributed by atoms with Crippen LogP contribution < -0.4 is 11.2 Å². The largest absolute Gasteiger partial charge is 0.380 e. The molecule has 1 fully saturated rings. The lowest BCUT2D eigenvalue weighted by Gasteiger charge is -2.42. The highest BCUT2D eigenvalue weighted by Crippen LogP contribution is 2.14. The molecule has 3 atom stereocenters. The van der Waals surface area contributed by atoms with Crippen LogP contribution >= 0.6 is 0 Å². The van der Waals surface area contributed by atoms with Gasteiger partial charge < -0.3 is 9.90 Å². The van der Waals surface area contributed by atoms with Crippen molar-refractivity contribution in [2.24, 2.45) is 5.84 Å². The van der Waals surface area contributed by atoms with Gasteiger partial charge in [-0.1, -0.05) is 30.3 Å². The highest BCUT2D eigenvalue weighted by molar-refractivity contribution is 5.87. The van der Waals surface area contributed by atoms with E-state index in [1.54, 1.807) is 0 Å². The molecule has 1 amide bonds. The molecule has 0 aliphatic carbocycles. The van der Waals surface area contributed by atoms with Gasteiger partial charge in [-0.25, -0.2) is 5.84 Å². The standard InChI is InChI=1S/C12H15N3O3/c13-15-11(10(17)12(15)18)14-9(7-16)6-8-4-2-1-3-5-8/h1-5,7,9-11,14,17H,6,13H2/t9-,10-,11-/m0/s1. The van der Waals surface area contributed by atoms with Crippen molar-refractivity contribution in [2.45, 2.75) is 24.7 Å². The Labute approximate surface area is 104 Å². The molecule has 18 heavy (non-hydrogen) atoms. The number of aliphatic hydroxyl groups is 1. The first-order chi connectivity index (χ1) is 8.63. The number of hydrogen-bond acceptors (Lipinski definition) is 5. The minimum absolute atomic E-state index is 0.482. The number of nitrogens with one attached hydrogen (secondary N) is 1. The molecule has 2 rings (SSSR count). The van der Waals surface area contributed by atoms with Crippen LogP contribution in [0.4, 0.5) is 0 Å². The van der Waals surface area contributed by atoms with E-state index in [9.17, 15) is 14.7 Å². The number of benzene rings is 1. The van der Waals surface area contributed by atoms with Gasteiger partial charge in [0.15, 0.2) is 6.10 Å². The summed E-state index contributed by atoms with van der Waals surface area (Å²) < 4.78 is 0. The molecule has 0 saturated carbocycles. The van der Waals surface area contributed by atoms with Gasteiger partial charge in [-0.3, -0.25) is 15.1 Å². The second-order valence-electron chi connectivity index (χ2n) is 4.23. The van der Waals surface area contributed by atoms with E-state index in [0.29, 0.717) is 6.42 Å². The molecule has 1 aromatic rings. The molecule has 6 nitrogen and oxygen atoms in total. The molecule has 6 heteroatoms. The van der Waals surface area contributed by atoms with Crippen LogP contribution in [0.1, 0.15) is 5.56 Å². The van der Waals surface area contributed by atoms with Crippen molar-refractivity contribution >= 4 is 12.2 Å². The molecule has 0 unspecified atom stereocenters. The highest BCUT2D eigenvalue weighted by atomic mass is 16.3. The van der Waals surface area contributed by atoms with Crippen molar-refractivity contribution < 1.29 is 14.7 Å². The van der Waals surface area contributed by atoms with E-state index >= 15 is 0 Å². The maximum absolute atomic E-state index is 11.0. The number of amides is 1. The summed E-state index contributed by atoms with van der Waals surface area (Å²) in [5, 5.41) is 13.1. The van der Waals surface area contributed by atoms with Crippen LogP contribution in [-0.4, -0.2) is 40.6 Å². The minimum Gasteiger partial charge on any atom is -0.380 e. The number of nitrogens with two attached hydrogens (primary N) is 1. The van der Waals surface area contributed by atoms with Gasteiger partial charge in [-0.15, -0.1) is 0 Å². The second-order valence-corrected chi connectivity index (χ2v) is 4.23. The molecule has 1 heterocycles. The zero-order valence-electron chi connectivity index (χ0n) is 9.69. The molecular formula is C12H15N3O3. The number of carbonyl (C=O) groups is 2. The van der Waals surface area contributed by atoms with Gasteiger partial charge in [0.2, 0.25) is 0 Å². The number of β-lactam (4-membered cyclic amide) rings is 1. The number of hydrogen-bond donors (Lipinski definition) is 3. The third kappa shape index (κ3) is 2.40. The first-order valence-electron chi connectivity index (χ1n) is 5.64. The van der Waals surface area contributed by atoms with Gasteiger partial charge in [0, 0.05) is 0 Å². The van der Waals surface area contributed by atoms with E-state index in [-0.39, 0.29) is 0 Å². The van der Waals surface area contributed by atoms with Gasteiger partial charge in [-0.05, 0) is 12.0 Å². The third-order valence-corrected chi connectivity index (χ3v) is 2.95. The molecule has 0 bridgehead atoms. The monoisotopic (exact) mass is 249 g/mol. The fourth-order valence-electron chi connectivity index (χ4n) is 1.90. The van der Waals surface area contributed by atoms with Crippen molar-refractivity contribution in [1.82, 2.24) is 10.3 Å². The summed E-state index contributed by atoms with van der Waals surface area (Å²) >= 11 is 0. The van der Waals surface area contributed by atoms with Gasteiger partial charge in [0.05, 0.1) is 6.04 Å². The summed E-state index contributed by atoms with van der Waals surface area (Å²) in [7, 11) is 0. The maximum Gasteiger partial charge on any atom is 0.270 e. The number of aliphatic hydroxyl groups excluding tert-OH is 1. The highest BCUT2D eigenvalue weighted by Gasteiger charge is 2.45. The lowest BCUT2D eigenvalue weighted by Crippen LogP contribution is -2.74. The average Bonchev–Trinajstić information content (AvgIpc) is 2.43. The van der Waals surface area contributed by atoms with Crippen molar-refractivity contribution in [2.75, 3.05) is 0 Å². The van der Waals surface area contributed by atoms with Gasteiger partial charge in [0.1, 0.15) is 12.5 Å². The molecular weight excluding hydrogens is 234 g/mol. The van der Waals surface area contributed by atoms with E-state index in [1.807, 2.05) is 30.3 Å². The van der Waals surface area contributed by atoms with Gasteiger partial charge >= 0.3 is 0 Å². The summed E-state index contributed by atoms with van der Waals surface area (Å²) in [4.78, 5) is 22.0. The summed E-state index contributed by atoms with van der Waals surface area (Å²) in [5.41, 5.74) is 0.991. The van der Waals surface area contributed by atoms with E-state index in [0.717, 1.165) is 16.9 Å². The Morgan fingerprint density at radius 3 is 2.67 bits per heavy atom. The van der Waals surface area contributed by atoms with E-state index < -0.39 is 24.2 Å². The zero-order chi connectivity index (χ0) is 13.1. The van der Waals surface area contributed by atoms with Crippen LogP contribution in [0.2, 0.25) is 0 Å². The third-order valence-electron chi connectivity index (χ3n) is 2.95. The first kappa shape index (κ1) is 12.7. The number of aldehydes is 1. The quantitative estimate of drug-likeness (QED) is 0.263. The topological polar surface area (TPSA) is 95.7 Å². The molecule has 1 saturated heterocycles. The Morgan fingerprint density at radius 2 is 2.11 bits per heavy atom. The Balaban J connectivity index is 1.94. The van der Waals surface area contributed by atoms with Crippen LogP contribution in [0.5, 0.6) is 0 Å². The smallest absolute Gasteiger partial charge is 0.270 e. The zero-order valence-corrected chi connectivity index (χ0v) is 9.69. The molecule has 1 aromatic carbocycles. The molecule has 1 aliphatic heterocycles. The predicted octanol–water partition coefficient (Wildman–Crippen LogP) is -1.21. The SMILES string of the molecule is NN1C(=O)[C@@H](O)[C@H]1N[C@H](C=O)Cc1ccccc1. The second kappa shape index (κ2) is 5.26. The summed E-state index contributed by atoms with van der Waals surface area (Å²) in [6, 6.07) is 8.97. The molecule has 1 aliphatic rings. The number of carbonyl (C=O) groups excluding carboxylic acids is 2. The van der Waals surface area contributed by atoms with Crippen molar-refractivity contribution in [3.8, 4) is 0 Å². The molecule has 4 N–H and O–H groups in total. The molecule has 0 aromatic heterocycles. The summed E-state index contributed by atoms with van der Waals surface area (Å²) in [6.45, 7) is 0. The Bertz CT molecular complexity index is 425. The van der Waals surface area contributed by atoms with Crippen LogP contribution in [0, 0.1) is 0 Å². The van der Waals surface area contributed by atoms with E-state index in [2.05, 4.69) is 5.32 Å². The molecule has 0 radical (unpaired) electrons. The fourth-order valence-corrected chi connectivity index (χ4v) is 1.90. The summed E-state index contributed by atoms with van der Waals surface area (Å²) in [6.07, 6.45) is -0.643. The Kier molecular flexibility index (Phi) is 3.71. The van der Waals surface area contributed by atoms with E-state index in [1.165, 1.54) is 0 Å². The Morgan fingerprint density at radius 1 is 1.44 bits per heavy atom. The molecule has 0 spiro atoms. The van der Waals surface area contributed by atoms with Gasteiger partial charge in [-0.2, -0.15) is 0 Å². The number of rotatable bonds is 5. The number of hydrazine groups is 1. The van der Waals surface area contributed by atoms with E-state index in [4.69, 9.17) is 5.84 Å². The average molecular weight is 249 g/mol. The van der Waals surface area contributed by atoms with Crippen molar-refractivity contribution in [3.05, 3.63) is 35.9 Å². The lowest BCUT2D eigenvalue weighted by molar-refractivity contribution is -0.171. The Hall–Kier alpha value is -1.76. The summed E-state index contributed by atoms with van der Waals surface area (Å²) in [5.74, 6) is 4.85. The van der Waals surface area contributed by atoms with Crippen LogP contribution in [-0.2, 0) is 16.0 Å². The number of nitrogens with zero attached hydrogens (tertiary/aromatic N) is 1.